The summed E-state index contributed by atoms with van der Waals surface area (Å²) in [6, 6.07) is 7.22. The van der Waals surface area contributed by atoms with Gasteiger partial charge in [0.25, 0.3) is 0 Å². The number of rotatable bonds is 5. The van der Waals surface area contributed by atoms with Gasteiger partial charge in [0.05, 0.1) is 24.0 Å². The average molecular weight is 311 g/mol. The Morgan fingerprint density at radius 1 is 1.15 bits per heavy atom. The van der Waals surface area contributed by atoms with Gasteiger partial charge in [-0.2, -0.15) is 0 Å². The minimum absolute atomic E-state index is 0.282. The molecule has 1 aromatic heterocycles. The van der Waals surface area contributed by atoms with Crippen molar-refractivity contribution in [2.45, 2.75) is 12.8 Å². The molecule has 6 heteroatoms. The Bertz CT molecular complexity index is 602. The topological polar surface area (TPSA) is 63.1 Å². The SMILES string of the molecule is O=C(O)C(Cc1cnc(Cl)cn1)Cc1ccccc1Cl. The first kappa shape index (κ1) is 14.8. The number of benzene rings is 1. The Labute approximate surface area is 126 Å². The second kappa shape index (κ2) is 6.68. The van der Waals surface area contributed by atoms with Crippen LogP contribution in [0.2, 0.25) is 10.2 Å². The van der Waals surface area contributed by atoms with Crippen LogP contribution < -0.4 is 0 Å². The van der Waals surface area contributed by atoms with E-state index in [1.807, 2.05) is 18.2 Å². The van der Waals surface area contributed by atoms with Gasteiger partial charge in [-0.3, -0.25) is 9.78 Å². The lowest BCUT2D eigenvalue weighted by Gasteiger charge is -2.12. The van der Waals surface area contributed by atoms with Gasteiger partial charge in [0.2, 0.25) is 0 Å². The summed E-state index contributed by atoms with van der Waals surface area (Å²) >= 11 is 11.7. The lowest BCUT2D eigenvalue weighted by atomic mass is 9.95. The highest BCUT2D eigenvalue weighted by molar-refractivity contribution is 6.31. The van der Waals surface area contributed by atoms with Crippen molar-refractivity contribution in [2.24, 2.45) is 5.92 Å². The van der Waals surface area contributed by atoms with Crippen LogP contribution in [0.5, 0.6) is 0 Å². The molecule has 1 heterocycles. The van der Waals surface area contributed by atoms with E-state index in [1.54, 1.807) is 6.07 Å². The molecule has 4 nitrogen and oxygen atoms in total. The number of aromatic nitrogens is 2. The Hall–Kier alpha value is -1.65. The fraction of sp³-hybridized carbons (Fsp3) is 0.214. The number of halogens is 2. The third-order valence-corrected chi connectivity index (χ3v) is 3.47. The van der Waals surface area contributed by atoms with Gasteiger partial charge in [0, 0.05) is 11.4 Å². The van der Waals surface area contributed by atoms with Crippen LogP contribution in [0.3, 0.4) is 0 Å². The van der Waals surface area contributed by atoms with Crippen molar-refractivity contribution in [3.63, 3.8) is 0 Å². The van der Waals surface area contributed by atoms with Crippen molar-refractivity contribution >= 4 is 29.2 Å². The molecule has 1 aromatic carbocycles. The second-order valence-electron chi connectivity index (χ2n) is 4.37. The molecular formula is C14H12Cl2N2O2. The predicted octanol–water partition coefficient (Wildman–Crippen LogP) is 3.27. The number of nitrogens with zero attached hydrogens (tertiary/aromatic N) is 2. The lowest BCUT2D eigenvalue weighted by molar-refractivity contribution is -0.141. The molecule has 0 saturated heterocycles. The van der Waals surface area contributed by atoms with E-state index >= 15 is 0 Å². The molecule has 0 saturated carbocycles. The van der Waals surface area contributed by atoms with Crippen molar-refractivity contribution in [3.05, 3.63) is 58.1 Å². The van der Waals surface area contributed by atoms with Crippen LogP contribution >= 0.6 is 23.2 Å². The molecule has 2 aromatic rings. The quantitative estimate of drug-likeness (QED) is 0.920. The molecule has 1 atom stereocenters. The fourth-order valence-electron chi connectivity index (χ4n) is 1.87. The normalized spacial score (nSPS) is 12.1. The molecule has 0 spiro atoms. The van der Waals surface area contributed by atoms with Gasteiger partial charge in [-0.1, -0.05) is 41.4 Å². The molecule has 0 radical (unpaired) electrons. The zero-order valence-corrected chi connectivity index (χ0v) is 12.0. The van der Waals surface area contributed by atoms with Crippen LogP contribution in [0.25, 0.3) is 0 Å². The molecule has 1 N–H and O–H groups in total. The maximum absolute atomic E-state index is 11.4. The Balaban J connectivity index is 2.14. The van der Waals surface area contributed by atoms with Crippen LogP contribution in [0.15, 0.2) is 36.7 Å². The Morgan fingerprint density at radius 3 is 2.50 bits per heavy atom. The summed E-state index contributed by atoms with van der Waals surface area (Å²) in [5.41, 5.74) is 1.40. The highest BCUT2D eigenvalue weighted by atomic mass is 35.5. The van der Waals surface area contributed by atoms with E-state index in [9.17, 15) is 9.90 Å². The van der Waals surface area contributed by atoms with Gasteiger partial charge >= 0.3 is 5.97 Å². The molecular weight excluding hydrogens is 299 g/mol. The Morgan fingerprint density at radius 2 is 1.90 bits per heavy atom. The highest BCUT2D eigenvalue weighted by Gasteiger charge is 2.20. The molecule has 104 valence electrons. The van der Waals surface area contributed by atoms with Gasteiger partial charge in [-0.05, 0) is 18.1 Å². The first-order valence-electron chi connectivity index (χ1n) is 5.99. The number of carboxylic acids is 1. The first-order valence-corrected chi connectivity index (χ1v) is 6.74. The number of carboxylic acid groups (broad SMARTS) is 1. The van der Waals surface area contributed by atoms with Crippen molar-refractivity contribution < 1.29 is 9.90 Å². The molecule has 1 unspecified atom stereocenters. The van der Waals surface area contributed by atoms with Crippen LogP contribution in [-0.4, -0.2) is 21.0 Å². The largest absolute Gasteiger partial charge is 0.481 e. The van der Waals surface area contributed by atoms with Crippen molar-refractivity contribution in [3.8, 4) is 0 Å². The van der Waals surface area contributed by atoms with E-state index < -0.39 is 11.9 Å². The van der Waals surface area contributed by atoms with E-state index in [-0.39, 0.29) is 11.6 Å². The van der Waals surface area contributed by atoms with Crippen LogP contribution in [0.1, 0.15) is 11.3 Å². The second-order valence-corrected chi connectivity index (χ2v) is 5.16. The van der Waals surface area contributed by atoms with E-state index in [1.165, 1.54) is 12.4 Å². The van der Waals surface area contributed by atoms with Gasteiger partial charge < -0.3 is 5.11 Å². The van der Waals surface area contributed by atoms with E-state index in [2.05, 4.69) is 9.97 Å². The first-order chi connectivity index (χ1) is 9.56. The molecule has 0 aliphatic carbocycles. The summed E-state index contributed by atoms with van der Waals surface area (Å²) in [6.45, 7) is 0. The molecule has 0 amide bonds. The van der Waals surface area contributed by atoms with E-state index in [0.29, 0.717) is 17.1 Å². The standard InChI is InChI=1S/C14H12Cl2N2O2/c15-12-4-2-1-3-9(12)5-10(14(19)20)6-11-7-18-13(16)8-17-11/h1-4,7-8,10H,5-6H2,(H,19,20). The zero-order chi connectivity index (χ0) is 14.5. The monoisotopic (exact) mass is 310 g/mol. The van der Waals surface area contributed by atoms with E-state index in [0.717, 1.165) is 5.56 Å². The van der Waals surface area contributed by atoms with Gasteiger partial charge in [0.1, 0.15) is 5.15 Å². The van der Waals surface area contributed by atoms with Crippen molar-refractivity contribution in [1.82, 2.24) is 9.97 Å². The summed E-state index contributed by atoms with van der Waals surface area (Å²) in [5.74, 6) is -1.49. The minimum Gasteiger partial charge on any atom is -0.481 e. The molecule has 0 aliphatic heterocycles. The van der Waals surface area contributed by atoms with Gasteiger partial charge in [0.15, 0.2) is 0 Å². The molecule has 0 fully saturated rings. The van der Waals surface area contributed by atoms with Crippen LogP contribution in [0, 0.1) is 5.92 Å². The Kier molecular flexibility index (Phi) is 4.93. The number of hydrogen-bond donors (Lipinski definition) is 1. The number of hydrogen-bond acceptors (Lipinski definition) is 3. The third-order valence-electron chi connectivity index (χ3n) is 2.90. The van der Waals surface area contributed by atoms with Crippen LogP contribution in [-0.2, 0) is 17.6 Å². The number of aliphatic carboxylic acids is 1. The van der Waals surface area contributed by atoms with Gasteiger partial charge in [-0.25, -0.2) is 4.98 Å². The summed E-state index contributed by atoms with van der Waals surface area (Å²) in [6.07, 6.45) is 3.53. The summed E-state index contributed by atoms with van der Waals surface area (Å²) in [7, 11) is 0. The van der Waals surface area contributed by atoms with E-state index in [4.69, 9.17) is 23.2 Å². The molecule has 2 rings (SSSR count). The lowest BCUT2D eigenvalue weighted by Crippen LogP contribution is -2.20. The fourth-order valence-corrected chi connectivity index (χ4v) is 2.18. The van der Waals surface area contributed by atoms with Crippen LogP contribution in [0.4, 0.5) is 0 Å². The van der Waals surface area contributed by atoms with Gasteiger partial charge in [-0.15, -0.1) is 0 Å². The average Bonchev–Trinajstić information content (AvgIpc) is 2.42. The molecule has 0 aliphatic rings. The molecule has 20 heavy (non-hydrogen) atoms. The number of carbonyl (C=O) groups is 1. The molecule has 0 bridgehead atoms. The summed E-state index contributed by atoms with van der Waals surface area (Å²) in [5, 5.41) is 10.2. The maximum atomic E-state index is 11.4. The zero-order valence-electron chi connectivity index (χ0n) is 10.5. The van der Waals surface area contributed by atoms with Crippen molar-refractivity contribution in [2.75, 3.05) is 0 Å². The minimum atomic E-state index is -0.887. The third kappa shape index (κ3) is 3.92. The summed E-state index contributed by atoms with van der Waals surface area (Å²) < 4.78 is 0. The van der Waals surface area contributed by atoms with Crippen molar-refractivity contribution in [1.29, 1.82) is 0 Å². The summed E-state index contributed by atoms with van der Waals surface area (Å²) in [4.78, 5) is 19.3. The smallest absolute Gasteiger partial charge is 0.307 e. The maximum Gasteiger partial charge on any atom is 0.307 e. The predicted molar refractivity (Wildman–Crippen MR) is 77.0 cm³/mol. The highest BCUT2D eigenvalue weighted by Crippen LogP contribution is 2.21.